The summed E-state index contributed by atoms with van der Waals surface area (Å²) in [5, 5.41) is 21.8. The van der Waals surface area contributed by atoms with Gasteiger partial charge in [-0.1, -0.05) is 60.7 Å². The second-order valence-corrected chi connectivity index (χ2v) is 15.2. The molecule has 3 atom stereocenters. The van der Waals surface area contributed by atoms with Gasteiger partial charge in [-0.2, -0.15) is 15.2 Å². The lowest BCUT2D eigenvalue weighted by atomic mass is 9.95. The highest BCUT2D eigenvalue weighted by molar-refractivity contribution is 6.03. The third-order valence-electron chi connectivity index (χ3n) is 11.6. The number of amides is 1. The average Bonchev–Trinajstić information content (AvgIpc) is 3.77. The fourth-order valence-corrected chi connectivity index (χ4v) is 8.68. The van der Waals surface area contributed by atoms with E-state index in [1.165, 1.54) is 17.0 Å². The fourth-order valence-electron chi connectivity index (χ4n) is 8.68. The van der Waals surface area contributed by atoms with Crippen LogP contribution in [0.5, 0.6) is 23.3 Å². The molecule has 2 bridgehead atoms. The maximum Gasteiger partial charge on any atom is 0.407 e. The molecule has 3 aliphatic rings. The number of benzene rings is 5. The number of piperazine rings is 1. The Kier molecular flexibility index (Phi) is 9.87. The zero-order valence-electron chi connectivity index (χ0n) is 31.8. The number of hydrogen-bond donors (Lipinski definition) is 1. The first-order valence-corrected chi connectivity index (χ1v) is 19.5. The molecule has 13 heteroatoms. The number of anilines is 1. The van der Waals surface area contributed by atoms with Crippen LogP contribution < -0.4 is 19.1 Å². The number of halogens is 2. The van der Waals surface area contributed by atoms with E-state index in [4.69, 9.17) is 24.2 Å². The largest absolute Gasteiger partial charge is 0.489 e. The number of carbonyl (C=O) groups is 1. The Morgan fingerprint density at radius 1 is 0.897 bits per heavy atom. The van der Waals surface area contributed by atoms with E-state index in [1.807, 2.05) is 78.7 Å². The van der Waals surface area contributed by atoms with Crippen LogP contribution in [-0.2, 0) is 6.61 Å². The van der Waals surface area contributed by atoms with Crippen molar-refractivity contribution < 1.29 is 32.9 Å². The zero-order chi connectivity index (χ0) is 39.9. The molecular formula is C45H40F2N6O5. The van der Waals surface area contributed by atoms with Crippen molar-refractivity contribution in [1.29, 1.82) is 5.26 Å². The number of fused-ring (bicyclic) bond motifs is 4. The molecule has 0 saturated carbocycles. The second kappa shape index (κ2) is 15.4. The molecule has 5 aromatic carbocycles. The van der Waals surface area contributed by atoms with Crippen molar-refractivity contribution in [1.82, 2.24) is 19.8 Å². The minimum absolute atomic E-state index is 0.00368. The molecule has 0 aliphatic carbocycles. The van der Waals surface area contributed by atoms with Gasteiger partial charge in [0.05, 0.1) is 17.6 Å². The van der Waals surface area contributed by atoms with Crippen molar-refractivity contribution in [2.75, 3.05) is 38.2 Å². The molecule has 6 aromatic rings. The summed E-state index contributed by atoms with van der Waals surface area (Å²) in [6.45, 7) is 2.16. The summed E-state index contributed by atoms with van der Waals surface area (Å²) in [5.41, 5.74) is 1.02. The number of likely N-dealkylation sites (N-methyl/N-ethyl adjacent to an activating group) is 1. The Morgan fingerprint density at radius 2 is 1.67 bits per heavy atom. The van der Waals surface area contributed by atoms with Gasteiger partial charge in [0, 0.05) is 24.5 Å². The van der Waals surface area contributed by atoms with Gasteiger partial charge in [-0.3, -0.25) is 4.90 Å². The molecule has 3 fully saturated rings. The smallest absolute Gasteiger partial charge is 0.407 e. The van der Waals surface area contributed by atoms with Crippen LogP contribution >= 0.6 is 0 Å². The molecule has 9 rings (SSSR count). The minimum Gasteiger partial charge on any atom is -0.489 e. The van der Waals surface area contributed by atoms with E-state index in [0.29, 0.717) is 60.4 Å². The molecule has 11 nitrogen and oxygen atoms in total. The molecule has 1 amide bonds. The van der Waals surface area contributed by atoms with E-state index in [9.17, 15) is 15.2 Å². The maximum atomic E-state index is 18.0. The molecular weight excluding hydrogens is 743 g/mol. The number of likely N-dealkylation sites (tertiary alicyclic amines) is 1. The van der Waals surface area contributed by atoms with Crippen LogP contribution in [0.15, 0.2) is 91.0 Å². The van der Waals surface area contributed by atoms with Crippen LogP contribution in [0.4, 0.5) is 19.4 Å². The van der Waals surface area contributed by atoms with E-state index in [2.05, 4.69) is 4.90 Å². The molecule has 1 N–H and O–H groups in total. The van der Waals surface area contributed by atoms with Gasteiger partial charge in [0.25, 0.3) is 0 Å². The SMILES string of the molecule is CN1CCCC1COc1nc(N2C[C@H]3CC[C@@H](C2)N3C(=O)O)c2cc(Oc3cccc(F)c3C#N)c(-c3cc(OCc4ccccc4)cc4ccccc34)c(F)c2n1. The Morgan fingerprint density at radius 3 is 2.41 bits per heavy atom. The van der Waals surface area contributed by atoms with Gasteiger partial charge in [0.2, 0.25) is 0 Å². The average molecular weight is 783 g/mol. The molecule has 1 aromatic heterocycles. The number of nitriles is 1. The van der Waals surface area contributed by atoms with E-state index in [0.717, 1.165) is 36.4 Å². The number of aromatic nitrogens is 2. The summed E-state index contributed by atoms with van der Waals surface area (Å²) in [7, 11) is 2.04. The van der Waals surface area contributed by atoms with Gasteiger partial charge >= 0.3 is 12.1 Å². The highest BCUT2D eigenvalue weighted by Crippen LogP contribution is 2.46. The summed E-state index contributed by atoms with van der Waals surface area (Å²) < 4.78 is 52.1. The van der Waals surface area contributed by atoms with Crippen molar-refractivity contribution in [3.63, 3.8) is 0 Å². The summed E-state index contributed by atoms with van der Waals surface area (Å²) >= 11 is 0. The minimum atomic E-state index is -0.971. The van der Waals surface area contributed by atoms with Crippen molar-refractivity contribution in [3.05, 3.63) is 114 Å². The lowest BCUT2D eigenvalue weighted by molar-refractivity contribution is 0.114. The molecule has 294 valence electrons. The van der Waals surface area contributed by atoms with E-state index < -0.39 is 17.7 Å². The molecule has 3 saturated heterocycles. The topological polar surface area (TPSA) is 124 Å². The first-order chi connectivity index (χ1) is 28.2. The van der Waals surface area contributed by atoms with Crippen molar-refractivity contribution >= 4 is 33.6 Å². The number of hydrogen-bond acceptors (Lipinski definition) is 9. The highest BCUT2D eigenvalue weighted by Gasteiger charge is 2.44. The van der Waals surface area contributed by atoms with Crippen LogP contribution in [-0.4, -0.2) is 82.4 Å². The van der Waals surface area contributed by atoms with Gasteiger partial charge in [-0.15, -0.1) is 0 Å². The monoisotopic (exact) mass is 782 g/mol. The number of carboxylic acid groups (broad SMARTS) is 1. The molecule has 58 heavy (non-hydrogen) atoms. The van der Waals surface area contributed by atoms with Gasteiger partial charge in [0.15, 0.2) is 5.82 Å². The molecule has 3 aliphatic heterocycles. The Bertz CT molecular complexity index is 2570. The van der Waals surface area contributed by atoms with Crippen LogP contribution in [0.1, 0.15) is 36.8 Å². The Hall–Kier alpha value is -6.52. The van der Waals surface area contributed by atoms with Gasteiger partial charge in [-0.05, 0) is 91.5 Å². The van der Waals surface area contributed by atoms with Crippen LogP contribution in [0, 0.1) is 23.0 Å². The van der Waals surface area contributed by atoms with Crippen LogP contribution in [0.3, 0.4) is 0 Å². The quantitative estimate of drug-likeness (QED) is 0.144. The van der Waals surface area contributed by atoms with E-state index >= 15 is 8.78 Å². The third kappa shape index (κ3) is 6.94. The number of rotatable bonds is 10. The van der Waals surface area contributed by atoms with E-state index in [1.54, 1.807) is 12.1 Å². The Balaban J connectivity index is 1.25. The lowest BCUT2D eigenvalue weighted by Gasteiger charge is -2.40. The highest BCUT2D eigenvalue weighted by atomic mass is 19.1. The van der Waals surface area contributed by atoms with Crippen molar-refractivity contribution in [2.45, 2.75) is 50.4 Å². The summed E-state index contributed by atoms with van der Waals surface area (Å²) in [6, 6.07) is 28.0. The maximum absolute atomic E-state index is 18.0. The van der Waals surface area contributed by atoms with Gasteiger partial charge < -0.3 is 29.1 Å². The normalized spacial score (nSPS) is 19.1. The van der Waals surface area contributed by atoms with Crippen molar-refractivity contribution in [2.24, 2.45) is 0 Å². The lowest BCUT2D eigenvalue weighted by Crippen LogP contribution is -2.55. The first kappa shape index (κ1) is 37.1. The van der Waals surface area contributed by atoms with Crippen LogP contribution in [0.25, 0.3) is 32.8 Å². The summed E-state index contributed by atoms with van der Waals surface area (Å²) in [6.07, 6.45) is 2.38. The number of nitrogens with zero attached hydrogens (tertiary/aromatic N) is 6. The van der Waals surface area contributed by atoms with Crippen molar-refractivity contribution in [3.8, 4) is 40.5 Å². The molecule has 1 unspecified atom stereocenters. The third-order valence-corrected chi connectivity index (χ3v) is 11.6. The predicted molar refractivity (Wildman–Crippen MR) is 214 cm³/mol. The fraction of sp³-hybridized carbons (Fsp3) is 0.289. The van der Waals surface area contributed by atoms with Gasteiger partial charge in [-0.25, -0.2) is 13.6 Å². The molecule has 0 spiro atoms. The number of ether oxygens (including phenoxy) is 3. The van der Waals surface area contributed by atoms with Gasteiger partial charge in [0.1, 0.15) is 59.2 Å². The van der Waals surface area contributed by atoms with Crippen LogP contribution in [0.2, 0.25) is 0 Å². The second-order valence-electron chi connectivity index (χ2n) is 15.2. The zero-order valence-corrected chi connectivity index (χ0v) is 31.8. The first-order valence-electron chi connectivity index (χ1n) is 19.5. The molecule has 4 heterocycles. The predicted octanol–water partition coefficient (Wildman–Crippen LogP) is 8.78. The standard InChI is InChI=1S/C45H40F2N6O5/c1-51-18-8-12-31(51)26-57-44-49-42-35(43(50-44)52-23-29-16-17-30(24-52)53(29)45(54)55)21-39(58-38-15-7-14-37(46)36(38)22-48)40(41(42)47)34-20-32(19-28-11-5-6-13-33(28)34)56-25-27-9-3-2-4-10-27/h2-7,9-11,13-15,19-21,29-31H,8,12,16-18,23-26H2,1H3,(H,54,55)/t29-,30+,31?. The Labute approximate surface area is 333 Å². The van der Waals surface area contributed by atoms with E-state index in [-0.39, 0.29) is 58.9 Å². The summed E-state index contributed by atoms with van der Waals surface area (Å²) in [5.74, 6) is -0.787. The summed E-state index contributed by atoms with van der Waals surface area (Å²) in [4.78, 5) is 27.5. The molecule has 0 radical (unpaired) electrons.